The molecule has 1 aromatic heterocycles. The van der Waals surface area contributed by atoms with E-state index in [-0.39, 0.29) is 0 Å². The first-order chi connectivity index (χ1) is 11.5. The predicted octanol–water partition coefficient (Wildman–Crippen LogP) is 2.64. The summed E-state index contributed by atoms with van der Waals surface area (Å²) in [6, 6.07) is 10.0. The Hall–Kier alpha value is -2.83. The van der Waals surface area contributed by atoms with Crippen molar-refractivity contribution >= 4 is 23.5 Å². The molecule has 0 spiro atoms. The lowest BCUT2D eigenvalue weighted by molar-refractivity contribution is 0.142. The molecule has 24 heavy (non-hydrogen) atoms. The summed E-state index contributed by atoms with van der Waals surface area (Å²) in [7, 11) is 0. The molecule has 1 fully saturated rings. The molecule has 2 heterocycles. The molecule has 7 heteroatoms. The number of rotatable bonds is 3. The standard InChI is InChI=1S/C17H21N5O2/c1-12-3-5-14(6-4-12)19-15-11-13(2)18-16(20-15)21-7-9-22(10-8-21)17(23)24/h3-6,11H,7-10H2,1-2H3,(H,23,24)(H,18,19,20). The van der Waals surface area contributed by atoms with E-state index < -0.39 is 6.09 Å². The molecule has 0 saturated carbocycles. The Morgan fingerprint density at radius 2 is 1.75 bits per heavy atom. The highest BCUT2D eigenvalue weighted by Gasteiger charge is 2.22. The van der Waals surface area contributed by atoms with Crippen molar-refractivity contribution in [2.45, 2.75) is 13.8 Å². The van der Waals surface area contributed by atoms with Crippen LogP contribution in [0.3, 0.4) is 0 Å². The maximum atomic E-state index is 11.0. The number of aromatic nitrogens is 2. The van der Waals surface area contributed by atoms with E-state index in [0.29, 0.717) is 32.1 Å². The van der Waals surface area contributed by atoms with Crippen molar-refractivity contribution in [1.29, 1.82) is 0 Å². The second-order valence-electron chi connectivity index (χ2n) is 5.94. The molecule has 7 nitrogen and oxygen atoms in total. The highest BCUT2D eigenvalue weighted by molar-refractivity contribution is 5.65. The second kappa shape index (κ2) is 6.74. The fourth-order valence-electron chi connectivity index (χ4n) is 2.64. The van der Waals surface area contributed by atoms with Gasteiger partial charge in [-0.1, -0.05) is 17.7 Å². The van der Waals surface area contributed by atoms with Crippen LogP contribution in [0.4, 0.5) is 22.2 Å². The average molecular weight is 327 g/mol. The monoisotopic (exact) mass is 327 g/mol. The summed E-state index contributed by atoms with van der Waals surface area (Å²) in [5.74, 6) is 1.37. The Kier molecular flexibility index (Phi) is 4.50. The lowest BCUT2D eigenvalue weighted by Gasteiger charge is -2.33. The third kappa shape index (κ3) is 3.73. The molecule has 126 valence electrons. The van der Waals surface area contributed by atoms with Gasteiger partial charge >= 0.3 is 6.09 Å². The third-order valence-corrected chi connectivity index (χ3v) is 4.00. The van der Waals surface area contributed by atoms with Crippen LogP contribution >= 0.6 is 0 Å². The number of piperazine rings is 1. The van der Waals surface area contributed by atoms with E-state index in [1.807, 2.05) is 49.1 Å². The average Bonchev–Trinajstić information content (AvgIpc) is 2.56. The predicted molar refractivity (Wildman–Crippen MR) is 93.0 cm³/mol. The fourth-order valence-corrected chi connectivity index (χ4v) is 2.64. The number of amides is 1. The van der Waals surface area contributed by atoms with Crippen LogP contribution < -0.4 is 10.2 Å². The van der Waals surface area contributed by atoms with Crippen LogP contribution in [-0.2, 0) is 0 Å². The first-order valence-corrected chi connectivity index (χ1v) is 7.93. The summed E-state index contributed by atoms with van der Waals surface area (Å²) in [4.78, 5) is 23.5. The lowest BCUT2D eigenvalue weighted by atomic mass is 10.2. The maximum absolute atomic E-state index is 11.0. The number of hydrogen-bond donors (Lipinski definition) is 2. The minimum absolute atomic E-state index is 0.466. The largest absolute Gasteiger partial charge is 0.465 e. The van der Waals surface area contributed by atoms with E-state index in [1.165, 1.54) is 10.5 Å². The number of anilines is 3. The van der Waals surface area contributed by atoms with Gasteiger partial charge in [0.15, 0.2) is 0 Å². The first kappa shape index (κ1) is 16.0. The van der Waals surface area contributed by atoms with E-state index in [0.717, 1.165) is 17.2 Å². The number of nitrogens with one attached hydrogen (secondary N) is 1. The Balaban J connectivity index is 1.74. The highest BCUT2D eigenvalue weighted by Crippen LogP contribution is 2.19. The summed E-state index contributed by atoms with van der Waals surface area (Å²) >= 11 is 0. The van der Waals surface area contributed by atoms with Gasteiger partial charge in [0.25, 0.3) is 0 Å². The van der Waals surface area contributed by atoms with Crippen LogP contribution in [0.1, 0.15) is 11.3 Å². The van der Waals surface area contributed by atoms with Crippen LogP contribution in [0, 0.1) is 13.8 Å². The summed E-state index contributed by atoms with van der Waals surface area (Å²) in [5, 5.41) is 12.3. The fraction of sp³-hybridized carbons (Fsp3) is 0.353. The van der Waals surface area contributed by atoms with Gasteiger partial charge in [0.05, 0.1) is 0 Å². The molecule has 1 saturated heterocycles. The van der Waals surface area contributed by atoms with Gasteiger partial charge in [-0.15, -0.1) is 0 Å². The zero-order valence-corrected chi connectivity index (χ0v) is 13.9. The van der Waals surface area contributed by atoms with Gasteiger partial charge in [-0.05, 0) is 26.0 Å². The molecule has 0 radical (unpaired) electrons. The minimum Gasteiger partial charge on any atom is -0.465 e. The topological polar surface area (TPSA) is 81.6 Å². The molecule has 0 bridgehead atoms. The zero-order valence-electron chi connectivity index (χ0n) is 13.9. The zero-order chi connectivity index (χ0) is 17.1. The van der Waals surface area contributed by atoms with Crippen LogP contribution in [0.5, 0.6) is 0 Å². The number of nitrogens with zero attached hydrogens (tertiary/aromatic N) is 4. The molecular weight excluding hydrogens is 306 g/mol. The molecule has 1 aromatic carbocycles. The molecule has 0 unspecified atom stereocenters. The molecule has 1 aliphatic rings. The van der Waals surface area contributed by atoms with Gasteiger partial charge in [-0.25, -0.2) is 9.78 Å². The highest BCUT2D eigenvalue weighted by atomic mass is 16.4. The van der Waals surface area contributed by atoms with Gasteiger partial charge in [-0.2, -0.15) is 4.98 Å². The minimum atomic E-state index is -0.874. The van der Waals surface area contributed by atoms with Crippen molar-refractivity contribution in [2.24, 2.45) is 0 Å². The normalized spacial score (nSPS) is 14.6. The number of carboxylic acid groups (broad SMARTS) is 1. The molecular formula is C17H21N5O2. The molecule has 1 aliphatic heterocycles. The van der Waals surface area contributed by atoms with Gasteiger partial charge < -0.3 is 20.2 Å². The maximum Gasteiger partial charge on any atom is 0.407 e. The number of hydrogen-bond acceptors (Lipinski definition) is 5. The molecule has 2 N–H and O–H groups in total. The van der Waals surface area contributed by atoms with Crippen molar-refractivity contribution in [3.05, 3.63) is 41.6 Å². The molecule has 2 aromatic rings. The first-order valence-electron chi connectivity index (χ1n) is 7.93. The molecule has 1 amide bonds. The van der Waals surface area contributed by atoms with E-state index >= 15 is 0 Å². The van der Waals surface area contributed by atoms with Crippen LogP contribution in [0.2, 0.25) is 0 Å². The summed E-state index contributed by atoms with van der Waals surface area (Å²) in [5.41, 5.74) is 3.05. The van der Waals surface area contributed by atoms with Crippen LogP contribution in [0.25, 0.3) is 0 Å². The Bertz CT molecular complexity index is 724. The number of benzene rings is 1. The van der Waals surface area contributed by atoms with Crippen LogP contribution in [-0.4, -0.2) is 52.2 Å². The van der Waals surface area contributed by atoms with E-state index in [1.54, 1.807) is 0 Å². The van der Waals surface area contributed by atoms with Gasteiger partial charge in [0.2, 0.25) is 5.95 Å². The van der Waals surface area contributed by atoms with Crippen molar-refractivity contribution in [3.8, 4) is 0 Å². The van der Waals surface area contributed by atoms with Gasteiger partial charge in [0.1, 0.15) is 5.82 Å². The van der Waals surface area contributed by atoms with Crippen LogP contribution in [0.15, 0.2) is 30.3 Å². The SMILES string of the molecule is Cc1ccc(Nc2cc(C)nc(N3CCN(C(=O)O)CC3)n2)cc1. The molecule has 0 aliphatic carbocycles. The smallest absolute Gasteiger partial charge is 0.407 e. The van der Waals surface area contributed by atoms with E-state index in [9.17, 15) is 4.79 Å². The quantitative estimate of drug-likeness (QED) is 0.902. The lowest BCUT2D eigenvalue weighted by Crippen LogP contribution is -2.48. The van der Waals surface area contributed by atoms with E-state index in [2.05, 4.69) is 15.3 Å². The summed E-state index contributed by atoms with van der Waals surface area (Å²) in [6.45, 7) is 6.10. The molecule has 0 atom stereocenters. The Labute approximate surface area is 141 Å². The van der Waals surface area contributed by atoms with Crippen molar-refractivity contribution < 1.29 is 9.90 Å². The second-order valence-corrected chi connectivity index (χ2v) is 5.94. The summed E-state index contributed by atoms with van der Waals surface area (Å²) < 4.78 is 0. The van der Waals surface area contributed by atoms with Gasteiger partial charge in [-0.3, -0.25) is 0 Å². The Morgan fingerprint density at radius 1 is 1.08 bits per heavy atom. The van der Waals surface area contributed by atoms with Gasteiger partial charge in [0, 0.05) is 43.6 Å². The Morgan fingerprint density at radius 3 is 2.38 bits per heavy atom. The van der Waals surface area contributed by atoms with Crippen molar-refractivity contribution in [3.63, 3.8) is 0 Å². The number of aryl methyl sites for hydroxylation is 2. The van der Waals surface area contributed by atoms with E-state index in [4.69, 9.17) is 5.11 Å². The summed E-state index contributed by atoms with van der Waals surface area (Å²) in [6.07, 6.45) is -0.874. The molecule has 3 rings (SSSR count). The number of carbonyl (C=O) groups is 1. The third-order valence-electron chi connectivity index (χ3n) is 4.00. The van der Waals surface area contributed by atoms with Crippen molar-refractivity contribution in [1.82, 2.24) is 14.9 Å². The van der Waals surface area contributed by atoms with Crippen molar-refractivity contribution in [2.75, 3.05) is 36.4 Å².